The molecule has 0 bridgehead atoms. The van der Waals surface area contributed by atoms with Crippen LogP contribution in [0.5, 0.6) is 0 Å². The van der Waals surface area contributed by atoms with E-state index in [-0.39, 0.29) is 17.4 Å². The van der Waals surface area contributed by atoms with Crippen LogP contribution in [0.25, 0.3) is 0 Å². The normalized spacial score (nSPS) is 21.4. The summed E-state index contributed by atoms with van der Waals surface area (Å²) in [6.07, 6.45) is 6.84. The highest BCUT2D eigenvalue weighted by Gasteiger charge is 2.28. The maximum atomic E-state index is 11.9. The molecule has 1 rings (SSSR count). The SMILES string of the molecule is CC1(CNC(=O)CC(N)C(C)(C)C)CCCCC1. The van der Waals surface area contributed by atoms with Crippen LogP contribution in [0.4, 0.5) is 0 Å². The summed E-state index contributed by atoms with van der Waals surface area (Å²) in [5, 5.41) is 3.08. The van der Waals surface area contributed by atoms with Gasteiger partial charge in [0.25, 0.3) is 0 Å². The number of hydrogen-bond acceptors (Lipinski definition) is 2. The molecule has 3 heteroatoms. The average molecular weight is 254 g/mol. The molecule has 0 spiro atoms. The number of rotatable bonds is 4. The Hall–Kier alpha value is -0.570. The Morgan fingerprint density at radius 1 is 1.28 bits per heavy atom. The fourth-order valence-corrected chi connectivity index (χ4v) is 2.47. The van der Waals surface area contributed by atoms with E-state index in [1.165, 1.54) is 32.1 Å². The number of carbonyl (C=O) groups excluding carboxylic acids is 1. The van der Waals surface area contributed by atoms with Crippen molar-refractivity contribution in [3.63, 3.8) is 0 Å². The van der Waals surface area contributed by atoms with Crippen LogP contribution in [-0.2, 0) is 4.79 Å². The van der Waals surface area contributed by atoms with Gasteiger partial charge in [0, 0.05) is 19.0 Å². The first kappa shape index (κ1) is 15.5. The van der Waals surface area contributed by atoms with Crippen molar-refractivity contribution in [2.24, 2.45) is 16.6 Å². The molecule has 0 aliphatic heterocycles. The first-order valence-electron chi connectivity index (χ1n) is 7.25. The molecule has 1 amide bonds. The van der Waals surface area contributed by atoms with E-state index in [0.717, 1.165) is 6.54 Å². The summed E-state index contributed by atoms with van der Waals surface area (Å²) in [5.74, 6) is 0.101. The minimum atomic E-state index is -0.0725. The van der Waals surface area contributed by atoms with E-state index < -0.39 is 0 Å². The lowest BCUT2D eigenvalue weighted by molar-refractivity contribution is -0.122. The van der Waals surface area contributed by atoms with Crippen molar-refractivity contribution in [3.05, 3.63) is 0 Å². The Morgan fingerprint density at radius 2 is 1.83 bits per heavy atom. The van der Waals surface area contributed by atoms with Gasteiger partial charge < -0.3 is 11.1 Å². The summed E-state index contributed by atoms with van der Waals surface area (Å²) >= 11 is 0. The molecule has 18 heavy (non-hydrogen) atoms. The Balaban J connectivity index is 2.32. The highest BCUT2D eigenvalue weighted by Crippen LogP contribution is 2.34. The first-order chi connectivity index (χ1) is 8.23. The topological polar surface area (TPSA) is 55.1 Å². The maximum Gasteiger partial charge on any atom is 0.221 e. The third kappa shape index (κ3) is 4.97. The number of nitrogens with one attached hydrogen (secondary N) is 1. The smallest absolute Gasteiger partial charge is 0.221 e. The summed E-state index contributed by atoms with van der Waals surface area (Å²) in [4.78, 5) is 11.9. The number of carbonyl (C=O) groups is 1. The van der Waals surface area contributed by atoms with Gasteiger partial charge in [-0.2, -0.15) is 0 Å². The van der Waals surface area contributed by atoms with Crippen LogP contribution in [0, 0.1) is 10.8 Å². The van der Waals surface area contributed by atoms with Gasteiger partial charge in [-0.05, 0) is 23.7 Å². The lowest BCUT2D eigenvalue weighted by Crippen LogP contribution is -2.43. The molecule has 0 saturated heterocycles. The highest BCUT2D eigenvalue weighted by molar-refractivity contribution is 5.76. The fourth-order valence-electron chi connectivity index (χ4n) is 2.47. The van der Waals surface area contributed by atoms with Crippen LogP contribution in [-0.4, -0.2) is 18.5 Å². The molecule has 0 aromatic heterocycles. The monoisotopic (exact) mass is 254 g/mol. The van der Waals surface area contributed by atoms with Crippen molar-refractivity contribution in [1.29, 1.82) is 0 Å². The molecule has 1 atom stereocenters. The number of nitrogens with two attached hydrogens (primary N) is 1. The molecule has 0 aromatic carbocycles. The number of hydrogen-bond donors (Lipinski definition) is 2. The zero-order valence-corrected chi connectivity index (χ0v) is 12.5. The van der Waals surface area contributed by atoms with Crippen LogP contribution >= 0.6 is 0 Å². The second-order valence-electron chi connectivity index (χ2n) is 7.32. The quantitative estimate of drug-likeness (QED) is 0.810. The number of amides is 1. The lowest BCUT2D eigenvalue weighted by atomic mass is 9.75. The summed E-state index contributed by atoms with van der Waals surface area (Å²) in [7, 11) is 0. The van der Waals surface area contributed by atoms with E-state index in [0.29, 0.717) is 11.8 Å². The van der Waals surface area contributed by atoms with Crippen molar-refractivity contribution in [2.45, 2.75) is 72.3 Å². The molecule has 0 radical (unpaired) electrons. The molecule has 3 nitrogen and oxygen atoms in total. The molecule has 106 valence electrons. The van der Waals surface area contributed by atoms with E-state index in [1.54, 1.807) is 0 Å². The molecular formula is C15H30N2O. The van der Waals surface area contributed by atoms with E-state index in [9.17, 15) is 4.79 Å². The van der Waals surface area contributed by atoms with Gasteiger partial charge >= 0.3 is 0 Å². The fraction of sp³-hybridized carbons (Fsp3) is 0.933. The van der Waals surface area contributed by atoms with Crippen LogP contribution < -0.4 is 11.1 Å². The molecular weight excluding hydrogens is 224 g/mol. The van der Waals surface area contributed by atoms with Crippen molar-refractivity contribution in [1.82, 2.24) is 5.32 Å². The summed E-state index contributed by atoms with van der Waals surface area (Å²) in [6, 6.07) is -0.0725. The van der Waals surface area contributed by atoms with E-state index in [1.807, 2.05) is 0 Å². The first-order valence-corrected chi connectivity index (χ1v) is 7.25. The predicted molar refractivity (Wildman–Crippen MR) is 76.2 cm³/mol. The third-order valence-corrected chi connectivity index (χ3v) is 4.29. The zero-order valence-electron chi connectivity index (χ0n) is 12.5. The van der Waals surface area contributed by atoms with Gasteiger partial charge in [-0.3, -0.25) is 4.79 Å². The molecule has 0 aromatic rings. The molecule has 3 N–H and O–H groups in total. The molecule has 1 aliphatic rings. The van der Waals surface area contributed by atoms with Crippen LogP contribution in [0.2, 0.25) is 0 Å². The third-order valence-electron chi connectivity index (χ3n) is 4.29. The van der Waals surface area contributed by atoms with Gasteiger partial charge in [-0.1, -0.05) is 47.0 Å². The standard InChI is InChI=1S/C15H30N2O/c1-14(2,3)12(16)10-13(18)17-11-15(4)8-6-5-7-9-15/h12H,5-11,16H2,1-4H3,(H,17,18). The summed E-state index contributed by atoms with van der Waals surface area (Å²) in [6.45, 7) is 9.33. The summed E-state index contributed by atoms with van der Waals surface area (Å²) < 4.78 is 0. The van der Waals surface area contributed by atoms with Gasteiger partial charge in [0.1, 0.15) is 0 Å². The molecule has 1 saturated carbocycles. The zero-order chi connectivity index (χ0) is 13.8. The van der Waals surface area contributed by atoms with Crippen molar-refractivity contribution in [2.75, 3.05) is 6.54 Å². The Kier molecular flexibility index (Phi) is 5.20. The predicted octanol–water partition coefficient (Wildman–Crippen LogP) is 2.84. The van der Waals surface area contributed by atoms with E-state index >= 15 is 0 Å². The van der Waals surface area contributed by atoms with Crippen LogP contribution in [0.15, 0.2) is 0 Å². The molecule has 0 heterocycles. The second-order valence-corrected chi connectivity index (χ2v) is 7.32. The van der Waals surface area contributed by atoms with Crippen molar-refractivity contribution in [3.8, 4) is 0 Å². The van der Waals surface area contributed by atoms with E-state index in [4.69, 9.17) is 5.73 Å². The van der Waals surface area contributed by atoms with Gasteiger partial charge in [-0.15, -0.1) is 0 Å². The van der Waals surface area contributed by atoms with Crippen molar-refractivity contribution < 1.29 is 4.79 Å². The Bertz CT molecular complexity index is 275. The molecule has 1 aliphatic carbocycles. The average Bonchev–Trinajstić information content (AvgIpc) is 2.26. The van der Waals surface area contributed by atoms with Crippen LogP contribution in [0.3, 0.4) is 0 Å². The van der Waals surface area contributed by atoms with Crippen molar-refractivity contribution >= 4 is 5.91 Å². The highest BCUT2D eigenvalue weighted by atomic mass is 16.1. The Morgan fingerprint density at radius 3 is 2.33 bits per heavy atom. The minimum Gasteiger partial charge on any atom is -0.356 e. The molecule has 1 fully saturated rings. The maximum absolute atomic E-state index is 11.9. The van der Waals surface area contributed by atoms with Crippen LogP contribution in [0.1, 0.15) is 66.2 Å². The molecule has 1 unspecified atom stereocenters. The summed E-state index contributed by atoms with van der Waals surface area (Å²) in [5.41, 5.74) is 6.33. The van der Waals surface area contributed by atoms with Gasteiger partial charge in [0.15, 0.2) is 0 Å². The van der Waals surface area contributed by atoms with Gasteiger partial charge in [0.2, 0.25) is 5.91 Å². The van der Waals surface area contributed by atoms with E-state index in [2.05, 4.69) is 33.0 Å². The Labute approximate surface area is 112 Å². The lowest BCUT2D eigenvalue weighted by Gasteiger charge is -2.34. The second kappa shape index (κ2) is 6.05. The largest absolute Gasteiger partial charge is 0.356 e. The van der Waals surface area contributed by atoms with Gasteiger partial charge in [-0.25, -0.2) is 0 Å². The van der Waals surface area contributed by atoms with Gasteiger partial charge in [0.05, 0.1) is 0 Å². The minimum absolute atomic E-state index is 0.00786.